The number of para-hydroxylation sites is 2. The molecule has 19 heavy (non-hydrogen) atoms. The first-order valence-electron chi connectivity index (χ1n) is 7.11. The van der Waals surface area contributed by atoms with Crippen LogP contribution in [0.25, 0.3) is 11.0 Å². The van der Waals surface area contributed by atoms with Crippen LogP contribution in [0.4, 0.5) is 5.82 Å². The largest absolute Gasteiger partial charge is 0.366 e. The van der Waals surface area contributed by atoms with Gasteiger partial charge in [-0.25, -0.2) is 4.98 Å². The number of benzene rings is 1. The van der Waals surface area contributed by atoms with Crippen LogP contribution >= 0.6 is 0 Å². The highest BCUT2D eigenvalue weighted by Gasteiger charge is 2.26. The molecule has 1 aromatic heterocycles. The predicted molar refractivity (Wildman–Crippen MR) is 79.2 cm³/mol. The summed E-state index contributed by atoms with van der Waals surface area (Å²) >= 11 is 0. The zero-order valence-electron chi connectivity index (χ0n) is 11.7. The van der Waals surface area contributed by atoms with Gasteiger partial charge in [0.1, 0.15) is 5.82 Å². The molecule has 1 saturated carbocycles. The summed E-state index contributed by atoms with van der Waals surface area (Å²) in [5, 5.41) is 3.54. The second-order valence-electron chi connectivity index (χ2n) is 6.33. The van der Waals surface area contributed by atoms with E-state index in [1.165, 1.54) is 25.7 Å². The summed E-state index contributed by atoms with van der Waals surface area (Å²) in [5.74, 6) is 0.906. The van der Waals surface area contributed by atoms with Crippen molar-refractivity contribution in [2.24, 2.45) is 5.41 Å². The van der Waals surface area contributed by atoms with Gasteiger partial charge in [-0.15, -0.1) is 0 Å². The highest BCUT2D eigenvalue weighted by molar-refractivity contribution is 5.75. The van der Waals surface area contributed by atoms with Crippen LogP contribution in [0.5, 0.6) is 0 Å². The van der Waals surface area contributed by atoms with Crippen LogP contribution in [0.15, 0.2) is 30.5 Å². The van der Waals surface area contributed by atoms with Crippen molar-refractivity contribution >= 4 is 16.9 Å². The molecule has 3 nitrogen and oxygen atoms in total. The van der Waals surface area contributed by atoms with Gasteiger partial charge in [0.05, 0.1) is 17.2 Å². The number of rotatable bonds is 2. The van der Waals surface area contributed by atoms with Crippen LogP contribution in [-0.4, -0.2) is 16.0 Å². The van der Waals surface area contributed by atoms with Gasteiger partial charge in [-0.1, -0.05) is 26.0 Å². The van der Waals surface area contributed by atoms with Gasteiger partial charge in [-0.05, 0) is 43.2 Å². The molecule has 0 radical (unpaired) electrons. The van der Waals surface area contributed by atoms with Crippen LogP contribution < -0.4 is 5.32 Å². The van der Waals surface area contributed by atoms with Gasteiger partial charge in [-0.2, -0.15) is 0 Å². The molecular formula is C16H21N3. The lowest BCUT2D eigenvalue weighted by atomic mass is 9.75. The molecule has 1 N–H and O–H groups in total. The first-order chi connectivity index (χ1) is 9.12. The third kappa shape index (κ3) is 2.86. The molecule has 100 valence electrons. The van der Waals surface area contributed by atoms with Gasteiger partial charge in [-0.3, -0.25) is 4.98 Å². The summed E-state index contributed by atoms with van der Waals surface area (Å²) in [5.41, 5.74) is 2.43. The van der Waals surface area contributed by atoms with Crippen LogP contribution in [0.3, 0.4) is 0 Å². The van der Waals surface area contributed by atoms with Crippen LogP contribution in [0.2, 0.25) is 0 Å². The maximum absolute atomic E-state index is 4.63. The molecule has 0 spiro atoms. The van der Waals surface area contributed by atoms with Crippen molar-refractivity contribution in [3.63, 3.8) is 0 Å². The number of hydrogen-bond acceptors (Lipinski definition) is 3. The molecule has 0 saturated heterocycles. The number of aromatic nitrogens is 2. The minimum atomic E-state index is 0.507. The molecule has 3 rings (SSSR count). The first kappa shape index (κ1) is 12.4. The average molecular weight is 255 g/mol. The van der Waals surface area contributed by atoms with Crippen molar-refractivity contribution in [1.82, 2.24) is 9.97 Å². The van der Waals surface area contributed by atoms with E-state index in [1.54, 1.807) is 0 Å². The average Bonchev–Trinajstić information content (AvgIpc) is 2.41. The van der Waals surface area contributed by atoms with Gasteiger partial charge in [0.2, 0.25) is 0 Å². The van der Waals surface area contributed by atoms with E-state index in [1.807, 2.05) is 30.5 Å². The first-order valence-corrected chi connectivity index (χ1v) is 7.11. The number of fused-ring (bicyclic) bond motifs is 1. The second kappa shape index (κ2) is 4.80. The second-order valence-corrected chi connectivity index (χ2v) is 6.33. The van der Waals surface area contributed by atoms with Crippen LogP contribution in [0, 0.1) is 5.41 Å². The Hall–Kier alpha value is -1.64. The molecule has 1 aromatic carbocycles. The molecule has 0 bridgehead atoms. The highest BCUT2D eigenvalue weighted by Crippen LogP contribution is 2.35. The number of nitrogens with one attached hydrogen (secondary N) is 1. The molecule has 1 aliphatic carbocycles. The number of nitrogens with zero attached hydrogens (tertiary/aromatic N) is 2. The fourth-order valence-electron chi connectivity index (χ4n) is 2.78. The molecule has 1 fully saturated rings. The summed E-state index contributed by atoms with van der Waals surface area (Å²) in [6, 6.07) is 8.55. The Morgan fingerprint density at radius 3 is 2.53 bits per heavy atom. The maximum Gasteiger partial charge on any atom is 0.145 e. The number of hydrogen-bond donors (Lipinski definition) is 1. The molecule has 1 heterocycles. The van der Waals surface area contributed by atoms with E-state index < -0.39 is 0 Å². The van der Waals surface area contributed by atoms with Gasteiger partial charge in [0.15, 0.2) is 0 Å². The van der Waals surface area contributed by atoms with Crippen LogP contribution in [-0.2, 0) is 0 Å². The Morgan fingerprint density at radius 1 is 1.11 bits per heavy atom. The minimum Gasteiger partial charge on any atom is -0.366 e. The Morgan fingerprint density at radius 2 is 1.79 bits per heavy atom. The fourth-order valence-corrected chi connectivity index (χ4v) is 2.78. The van der Waals surface area contributed by atoms with Gasteiger partial charge < -0.3 is 5.32 Å². The van der Waals surface area contributed by atoms with Crippen molar-refractivity contribution < 1.29 is 0 Å². The summed E-state index contributed by atoms with van der Waals surface area (Å²) in [7, 11) is 0. The normalized spacial score (nSPS) is 19.5. The van der Waals surface area contributed by atoms with Crippen LogP contribution in [0.1, 0.15) is 39.5 Å². The lowest BCUT2D eigenvalue weighted by Crippen LogP contribution is -2.30. The van der Waals surface area contributed by atoms with E-state index in [4.69, 9.17) is 0 Å². The van der Waals surface area contributed by atoms with E-state index in [0.717, 1.165) is 16.9 Å². The zero-order chi connectivity index (χ0) is 13.3. The van der Waals surface area contributed by atoms with E-state index in [0.29, 0.717) is 11.5 Å². The summed E-state index contributed by atoms with van der Waals surface area (Å²) in [4.78, 5) is 9.08. The lowest BCUT2D eigenvalue weighted by Gasteiger charge is -2.34. The predicted octanol–water partition coefficient (Wildman–Crippen LogP) is 4.01. The Labute approximate surface area is 114 Å². The summed E-state index contributed by atoms with van der Waals surface area (Å²) < 4.78 is 0. The molecule has 0 aliphatic heterocycles. The van der Waals surface area contributed by atoms with Crippen molar-refractivity contribution in [2.75, 3.05) is 5.32 Å². The van der Waals surface area contributed by atoms with E-state index in [-0.39, 0.29) is 0 Å². The number of anilines is 1. The topological polar surface area (TPSA) is 37.8 Å². The lowest BCUT2D eigenvalue weighted by molar-refractivity contribution is 0.232. The van der Waals surface area contributed by atoms with E-state index in [2.05, 4.69) is 29.1 Å². The van der Waals surface area contributed by atoms with Crippen molar-refractivity contribution in [3.8, 4) is 0 Å². The van der Waals surface area contributed by atoms with E-state index >= 15 is 0 Å². The zero-order valence-corrected chi connectivity index (χ0v) is 11.7. The molecule has 0 atom stereocenters. The molecule has 2 aromatic rings. The van der Waals surface area contributed by atoms with Crippen molar-refractivity contribution in [3.05, 3.63) is 30.5 Å². The smallest absolute Gasteiger partial charge is 0.145 e. The molecular weight excluding hydrogens is 234 g/mol. The maximum atomic E-state index is 4.63. The quantitative estimate of drug-likeness (QED) is 0.881. The van der Waals surface area contributed by atoms with Gasteiger partial charge in [0.25, 0.3) is 0 Å². The van der Waals surface area contributed by atoms with Crippen molar-refractivity contribution in [2.45, 2.75) is 45.6 Å². The summed E-state index contributed by atoms with van der Waals surface area (Å²) in [6.07, 6.45) is 6.86. The Bertz CT molecular complexity index is 567. The molecule has 1 aliphatic rings. The fraction of sp³-hybridized carbons (Fsp3) is 0.500. The Kier molecular flexibility index (Phi) is 3.13. The molecule has 0 unspecified atom stereocenters. The standard InChI is InChI=1S/C16H21N3/c1-16(2)9-7-12(8-10-16)18-15-11-17-13-5-3-4-6-14(13)19-15/h3-6,11-12H,7-10H2,1-2H3,(H,18,19). The SMILES string of the molecule is CC1(C)CCC(Nc2cnc3ccccc3n2)CC1. The highest BCUT2D eigenvalue weighted by atomic mass is 15.0. The van der Waals surface area contributed by atoms with E-state index in [9.17, 15) is 0 Å². The third-order valence-corrected chi connectivity index (χ3v) is 4.14. The van der Waals surface area contributed by atoms with Gasteiger partial charge >= 0.3 is 0 Å². The Balaban J connectivity index is 1.72. The van der Waals surface area contributed by atoms with Crippen molar-refractivity contribution in [1.29, 1.82) is 0 Å². The summed E-state index contributed by atoms with van der Waals surface area (Å²) in [6.45, 7) is 4.72. The molecule has 3 heteroatoms. The minimum absolute atomic E-state index is 0.507. The van der Waals surface area contributed by atoms with Gasteiger partial charge in [0, 0.05) is 6.04 Å². The molecule has 0 amide bonds. The monoisotopic (exact) mass is 255 g/mol. The third-order valence-electron chi connectivity index (χ3n) is 4.14.